The van der Waals surface area contributed by atoms with Crippen molar-refractivity contribution in [3.05, 3.63) is 36.2 Å². The summed E-state index contributed by atoms with van der Waals surface area (Å²) in [5, 5.41) is 7.38. The van der Waals surface area contributed by atoms with Gasteiger partial charge < -0.3 is 14.7 Å². The largest absolute Gasteiger partial charge is 0.361 e. The minimum Gasteiger partial charge on any atom is -0.361 e. The molecule has 0 fully saturated rings. The third-order valence-corrected chi connectivity index (χ3v) is 4.50. The molecule has 0 amide bonds. The Kier molecular flexibility index (Phi) is 6.08. The van der Waals surface area contributed by atoms with Crippen molar-refractivity contribution < 1.29 is 4.52 Å². The zero-order valence-corrected chi connectivity index (χ0v) is 16.2. The lowest BCUT2D eigenvalue weighted by molar-refractivity contribution is 0.316. The van der Waals surface area contributed by atoms with Crippen LogP contribution in [0.2, 0.25) is 0 Å². The first-order valence-corrected chi connectivity index (χ1v) is 9.16. The zero-order chi connectivity index (χ0) is 19.2. The summed E-state index contributed by atoms with van der Waals surface area (Å²) in [5.74, 6) is 1.29. The molecule has 0 saturated carbocycles. The molecular formula is C19H25N7O. The summed E-state index contributed by atoms with van der Waals surface area (Å²) < 4.78 is 5.35. The summed E-state index contributed by atoms with van der Waals surface area (Å²) in [7, 11) is 0. The van der Waals surface area contributed by atoms with Crippen LogP contribution in [0.1, 0.15) is 25.3 Å². The number of aromatic nitrogens is 5. The Bertz CT molecular complexity index is 856. The maximum atomic E-state index is 5.35. The fourth-order valence-corrected chi connectivity index (χ4v) is 2.97. The van der Waals surface area contributed by atoms with Crippen molar-refractivity contribution >= 4 is 5.95 Å². The van der Waals surface area contributed by atoms with Gasteiger partial charge in [0.2, 0.25) is 5.95 Å². The molecule has 0 saturated heterocycles. The molecule has 3 heterocycles. The van der Waals surface area contributed by atoms with Gasteiger partial charge in [-0.1, -0.05) is 19.0 Å². The molecule has 142 valence electrons. The topological polar surface area (TPSA) is 92.9 Å². The van der Waals surface area contributed by atoms with Crippen molar-refractivity contribution in [1.82, 2.24) is 30.0 Å². The predicted molar refractivity (Wildman–Crippen MR) is 104 cm³/mol. The standard InChI is InChI=1S/C19H25N7O/c1-5-26(6-2)10-9-22-19-23-11-15(16-12-20-7-8-21-16)18(24-19)17-13(3)25-27-14(17)4/h7-8,11-12H,5-6,9-10H2,1-4H3,(H,22,23,24). The highest BCUT2D eigenvalue weighted by atomic mass is 16.5. The quantitative estimate of drug-likeness (QED) is 0.649. The van der Waals surface area contributed by atoms with Crippen molar-refractivity contribution in [3.8, 4) is 22.5 Å². The molecule has 8 nitrogen and oxygen atoms in total. The van der Waals surface area contributed by atoms with Crippen LogP contribution in [-0.4, -0.2) is 56.2 Å². The van der Waals surface area contributed by atoms with Crippen molar-refractivity contribution in [3.63, 3.8) is 0 Å². The molecule has 0 aliphatic rings. The van der Waals surface area contributed by atoms with Gasteiger partial charge in [-0.3, -0.25) is 9.97 Å². The summed E-state index contributed by atoms with van der Waals surface area (Å²) in [6, 6.07) is 0. The normalized spacial score (nSPS) is 11.1. The summed E-state index contributed by atoms with van der Waals surface area (Å²) >= 11 is 0. The summed E-state index contributed by atoms with van der Waals surface area (Å²) in [6.45, 7) is 11.9. The lowest BCUT2D eigenvalue weighted by Crippen LogP contribution is -2.29. The number of rotatable bonds is 8. The monoisotopic (exact) mass is 367 g/mol. The summed E-state index contributed by atoms with van der Waals surface area (Å²) in [5.41, 5.74) is 3.90. The molecule has 0 radical (unpaired) electrons. The maximum absolute atomic E-state index is 5.35. The average molecular weight is 367 g/mol. The molecule has 3 aromatic heterocycles. The molecule has 27 heavy (non-hydrogen) atoms. The SMILES string of the molecule is CCN(CC)CCNc1ncc(-c2cnccn2)c(-c2c(C)noc2C)n1. The minimum atomic E-state index is 0.574. The Labute approximate surface area is 159 Å². The number of nitrogens with one attached hydrogen (secondary N) is 1. The Balaban J connectivity index is 1.94. The number of hydrogen-bond donors (Lipinski definition) is 1. The van der Waals surface area contributed by atoms with Gasteiger partial charge in [0.25, 0.3) is 0 Å². The molecular weight excluding hydrogens is 342 g/mol. The van der Waals surface area contributed by atoms with Crippen molar-refractivity contribution in [2.24, 2.45) is 0 Å². The van der Waals surface area contributed by atoms with Crippen LogP contribution in [0.3, 0.4) is 0 Å². The highest BCUT2D eigenvalue weighted by molar-refractivity contribution is 5.80. The van der Waals surface area contributed by atoms with Crippen LogP contribution in [0.25, 0.3) is 22.5 Å². The Morgan fingerprint density at radius 1 is 1.07 bits per heavy atom. The van der Waals surface area contributed by atoms with E-state index in [-0.39, 0.29) is 0 Å². The van der Waals surface area contributed by atoms with Crippen LogP contribution in [-0.2, 0) is 0 Å². The van der Waals surface area contributed by atoms with Crippen LogP contribution >= 0.6 is 0 Å². The lowest BCUT2D eigenvalue weighted by atomic mass is 10.0. The third kappa shape index (κ3) is 4.28. The molecule has 1 N–H and O–H groups in total. The van der Waals surface area contributed by atoms with Crippen LogP contribution < -0.4 is 5.32 Å². The maximum Gasteiger partial charge on any atom is 0.223 e. The van der Waals surface area contributed by atoms with Gasteiger partial charge in [-0.2, -0.15) is 0 Å². The molecule has 3 aromatic rings. The molecule has 8 heteroatoms. The lowest BCUT2D eigenvalue weighted by Gasteiger charge is -2.18. The second kappa shape index (κ2) is 8.68. The van der Waals surface area contributed by atoms with Gasteiger partial charge in [0, 0.05) is 37.2 Å². The molecule has 0 aromatic carbocycles. The highest BCUT2D eigenvalue weighted by Crippen LogP contribution is 2.33. The number of nitrogens with zero attached hydrogens (tertiary/aromatic N) is 6. The zero-order valence-electron chi connectivity index (χ0n) is 16.2. The molecule has 0 bridgehead atoms. The Hall–Kier alpha value is -2.87. The number of aryl methyl sites for hydroxylation is 2. The van der Waals surface area contributed by atoms with E-state index in [1.54, 1.807) is 24.8 Å². The van der Waals surface area contributed by atoms with Crippen LogP contribution in [0.4, 0.5) is 5.95 Å². The first-order chi connectivity index (χ1) is 13.1. The molecule has 3 rings (SSSR count). The van der Waals surface area contributed by atoms with Gasteiger partial charge in [0.05, 0.1) is 28.8 Å². The smallest absolute Gasteiger partial charge is 0.223 e. The van der Waals surface area contributed by atoms with Gasteiger partial charge in [-0.15, -0.1) is 0 Å². The molecule has 0 unspecified atom stereocenters. The third-order valence-electron chi connectivity index (χ3n) is 4.50. The molecule has 0 aliphatic heterocycles. The summed E-state index contributed by atoms with van der Waals surface area (Å²) in [4.78, 5) is 20.1. The van der Waals surface area contributed by atoms with Crippen LogP contribution in [0, 0.1) is 13.8 Å². The molecule has 0 atom stereocenters. The van der Waals surface area contributed by atoms with E-state index in [1.807, 2.05) is 13.8 Å². The number of anilines is 1. The second-order valence-electron chi connectivity index (χ2n) is 6.20. The fraction of sp³-hybridized carbons (Fsp3) is 0.421. The van der Waals surface area contributed by atoms with Gasteiger partial charge in [0.15, 0.2) is 0 Å². The van der Waals surface area contributed by atoms with E-state index in [0.29, 0.717) is 17.4 Å². The fourth-order valence-electron chi connectivity index (χ4n) is 2.97. The van der Waals surface area contributed by atoms with E-state index >= 15 is 0 Å². The first-order valence-electron chi connectivity index (χ1n) is 9.16. The van der Waals surface area contributed by atoms with E-state index in [0.717, 1.165) is 48.7 Å². The van der Waals surface area contributed by atoms with Crippen molar-refractivity contribution in [2.75, 3.05) is 31.5 Å². The van der Waals surface area contributed by atoms with Crippen LogP contribution in [0.15, 0.2) is 29.3 Å². The van der Waals surface area contributed by atoms with Gasteiger partial charge in [0.1, 0.15) is 5.76 Å². The molecule has 0 spiro atoms. The first kappa shape index (κ1) is 18.9. The Morgan fingerprint density at radius 3 is 2.52 bits per heavy atom. The van der Waals surface area contributed by atoms with Gasteiger partial charge in [-0.05, 0) is 26.9 Å². The van der Waals surface area contributed by atoms with E-state index in [2.05, 4.69) is 44.2 Å². The van der Waals surface area contributed by atoms with Gasteiger partial charge >= 0.3 is 0 Å². The van der Waals surface area contributed by atoms with Crippen LogP contribution in [0.5, 0.6) is 0 Å². The predicted octanol–water partition coefficient (Wildman–Crippen LogP) is 2.96. The van der Waals surface area contributed by atoms with E-state index in [9.17, 15) is 0 Å². The number of hydrogen-bond acceptors (Lipinski definition) is 8. The minimum absolute atomic E-state index is 0.574. The second-order valence-corrected chi connectivity index (χ2v) is 6.20. The van der Waals surface area contributed by atoms with E-state index in [4.69, 9.17) is 9.51 Å². The summed E-state index contributed by atoms with van der Waals surface area (Å²) in [6.07, 6.45) is 6.78. The highest BCUT2D eigenvalue weighted by Gasteiger charge is 2.20. The average Bonchev–Trinajstić information content (AvgIpc) is 3.04. The number of likely N-dealkylation sites (N-methyl/N-ethyl adjacent to an activating group) is 1. The van der Waals surface area contributed by atoms with E-state index < -0.39 is 0 Å². The van der Waals surface area contributed by atoms with E-state index in [1.165, 1.54) is 0 Å². The molecule has 0 aliphatic carbocycles. The van der Waals surface area contributed by atoms with Crippen molar-refractivity contribution in [2.45, 2.75) is 27.7 Å². The van der Waals surface area contributed by atoms with Gasteiger partial charge in [-0.25, -0.2) is 9.97 Å². The Morgan fingerprint density at radius 2 is 1.89 bits per heavy atom. The van der Waals surface area contributed by atoms with Crippen molar-refractivity contribution in [1.29, 1.82) is 0 Å².